The minimum absolute atomic E-state index is 0.176. The van der Waals surface area contributed by atoms with Crippen LogP contribution in [0.3, 0.4) is 0 Å². The fraction of sp³-hybridized carbons (Fsp3) is 0.400. The van der Waals surface area contributed by atoms with Crippen molar-refractivity contribution in [2.24, 2.45) is 0 Å². The van der Waals surface area contributed by atoms with Crippen LogP contribution in [-0.4, -0.2) is 36.8 Å². The average Bonchev–Trinajstić information content (AvgIpc) is 3.52. The zero-order valence-electron chi connectivity index (χ0n) is 19.9. The van der Waals surface area contributed by atoms with Crippen molar-refractivity contribution >= 4 is 8.07 Å². The van der Waals surface area contributed by atoms with E-state index < -0.39 is 13.6 Å². The lowest BCUT2D eigenvalue weighted by molar-refractivity contribution is 0.0427. The Morgan fingerprint density at radius 3 is 1.70 bits per heavy atom. The highest BCUT2D eigenvalue weighted by atomic mass is 28.3. The van der Waals surface area contributed by atoms with Gasteiger partial charge in [0.2, 0.25) is 0 Å². The zero-order chi connectivity index (χ0) is 22.7. The Balaban J connectivity index is 1.65. The van der Waals surface area contributed by atoms with Crippen molar-refractivity contribution in [2.75, 3.05) is 6.54 Å². The van der Waals surface area contributed by atoms with Crippen molar-refractivity contribution in [2.45, 2.75) is 68.0 Å². The van der Waals surface area contributed by atoms with Gasteiger partial charge in [0.05, 0.1) is 19.7 Å². The fourth-order valence-corrected chi connectivity index (χ4v) is 10.9. The van der Waals surface area contributed by atoms with Gasteiger partial charge in [-0.1, -0.05) is 122 Å². The summed E-state index contributed by atoms with van der Waals surface area (Å²) >= 11 is 0. The van der Waals surface area contributed by atoms with E-state index in [1.807, 2.05) is 0 Å². The van der Waals surface area contributed by atoms with Gasteiger partial charge < -0.3 is 5.11 Å². The molecule has 0 saturated carbocycles. The molecule has 2 nitrogen and oxygen atoms in total. The summed E-state index contributed by atoms with van der Waals surface area (Å²) in [5, 5.41) is 11.7. The van der Waals surface area contributed by atoms with Crippen molar-refractivity contribution < 1.29 is 5.11 Å². The van der Waals surface area contributed by atoms with Crippen LogP contribution in [0.4, 0.5) is 0 Å². The Morgan fingerprint density at radius 1 is 0.788 bits per heavy atom. The molecule has 3 aromatic carbocycles. The van der Waals surface area contributed by atoms with Crippen LogP contribution in [0.1, 0.15) is 42.4 Å². The van der Waals surface area contributed by atoms with E-state index in [2.05, 4.69) is 102 Å². The molecule has 5 rings (SSSR count). The number of nitrogens with zero attached hydrogens (tertiary/aromatic N) is 1. The molecule has 0 aromatic heterocycles. The first-order valence-corrected chi connectivity index (χ1v) is 15.9. The second kappa shape index (κ2) is 9.58. The molecule has 0 amide bonds. The van der Waals surface area contributed by atoms with Gasteiger partial charge in [-0.15, -0.1) is 0 Å². The van der Waals surface area contributed by atoms with Crippen molar-refractivity contribution in [1.82, 2.24) is 4.90 Å². The first-order chi connectivity index (χ1) is 16.1. The maximum Gasteiger partial charge on any atom is 0.0976 e. The van der Waals surface area contributed by atoms with Crippen LogP contribution in [0, 0.1) is 0 Å². The molecule has 1 N–H and O–H groups in total. The van der Waals surface area contributed by atoms with Crippen molar-refractivity contribution in [3.63, 3.8) is 0 Å². The van der Waals surface area contributed by atoms with Crippen molar-refractivity contribution in [3.8, 4) is 0 Å². The normalized spacial score (nSPS) is 21.8. The minimum Gasteiger partial charge on any atom is -0.392 e. The van der Waals surface area contributed by atoms with Gasteiger partial charge >= 0.3 is 0 Å². The topological polar surface area (TPSA) is 23.5 Å². The number of benzene rings is 3. The number of aliphatic hydroxyl groups excluding tert-OH is 1. The molecule has 0 radical (unpaired) electrons. The summed E-state index contributed by atoms with van der Waals surface area (Å²) in [5.74, 6) is 0. The summed E-state index contributed by atoms with van der Waals surface area (Å²) in [6, 6.07) is 36.9. The van der Waals surface area contributed by atoms with Gasteiger partial charge in [-0.2, -0.15) is 0 Å². The van der Waals surface area contributed by atoms with E-state index >= 15 is 0 Å². The maximum absolute atomic E-state index is 11.7. The molecular formula is C30H37NOSi. The number of aliphatic hydroxyl groups is 1. The van der Waals surface area contributed by atoms with Gasteiger partial charge in [0, 0.05) is 12.6 Å². The highest BCUT2D eigenvalue weighted by molar-refractivity contribution is 6.79. The molecule has 33 heavy (non-hydrogen) atoms. The van der Waals surface area contributed by atoms with Crippen LogP contribution in [-0.2, 0) is 5.54 Å². The summed E-state index contributed by atoms with van der Waals surface area (Å²) in [7, 11) is -1.32. The zero-order valence-corrected chi connectivity index (χ0v) is 20.9. The smallest absolute Gasteiger partial charge is 0.0976 e. The Morgan fingerprint density at radius 2 is 1.24 bits per heavy atom. The summed E-state index contributed by atoms with van der Waals surface area (Å²) < 4.78 is 0. The van der Waals surface area contributed by atoms with Crippen LogP contribution in [0.2, 0.25) is 24.7 Å². The van der Waals surface area contributed by atoms with E-state index in [-0.39, 0.29) is 12.1 Å². The highest BCUT2D eigenvalue weighted by Gasteiger charge is 2.49. The second-order valence-corrected chi connectivity index (χ2v) is 15.5. The molecule has 2 aliphatic heterocycles. The molecule has 2 fully saturated rings. The van der Waals surface area contributed by atoms with E-state index in [0.29, 0.717) is 0 Å². The molecule has 0 spiro atoms. The van der Waals surface area contributed by atoms with Gasteiger partial charge in [0.1, 0.15) is 0 Å². The molecule has 0 bridgehead atoms. The average molecular weight is 456 g/mol. The number of hydrogen-bond acceptors (Lipinski definition) is 2. The highest BCUT2D eigenvalue weighted by Crippen LogP contribution is 2.47. The van der Waals surface area contributed by atoms with Crippen LogP contribution < -0.4 is 0 Å². The first kappa shape index (κ1) is 22.6. The van der Waals surface area contributed by atoms with Gasteiger partial charge in [-0.05, 0) is 35.6 Å². The lowest BCUT2D eigenvalue weighted by atomic mass is 9.75. The van der Waals surface area contributed by atoms with Gasteiger partial charge in [-0.3, -0.25) is 4.90 Å². The van der Waals surface area contributed by atoms with E-state index in [0.717, 1.165) is 25.4 Å². The molecule has 2 aliphatic rings. The molecule has 2 atom stereocenters. The minimum atomic E-state index is -1.32. The van der Waals surface area contributed by atoms with Gasteiger partial charge in [-0.25, -0.2) is 0 Å². The standard InChI is InChI=1S/C30H37NOSi/c1-33(22-11-12-23-33)24-29(32)28-20-13-21-31(28)30(25-14-5-2-6-15-25,26-16-7-3-8-17-26)27-18-9-4-10-19-27/h2-10,14-19,28-29,32H,11-13,20-24H2,1H3/t28-,29+/m0/s1. The fourth-order valence-electron chi connectivity index (χ4n) is 6.72. The molecule has 0 aliphatic carbocycles. The first-order valence-electron chi connectivity index (χ1n) is 12.7. The third-order valence-electron chi connectivity index (χ3n) is 8.26. The van der Waals surface area contributed by atoms with Gasteiger partial charge in [0.15, 0.2) is 0 Å². The molecule has 3 aromatic rings. The second-order valence-electron chi connectivity index (χ2n) is 10.5. The number of hydrogen-bond donors (Lipinski definition) is 1. The third-order valence-corrected chi connectivity index (χ3v) is 12.8. The largest absolute Gasteiger partial charge is 0.392 e. The predicted octanol–water partition coefficient (Wildman–Crippen LogP) is 6.68. The van der Waals surface area contributed by atoms with Crippen molar-refractivity contribution in [3.05, 3.63) is 108 Å². The molecule has 2 heterocycles. The summed E-state index contributed by atoms with van der Waals surface area (Å²) in [5.41, 5.74) is 3.44. The Kier molecular flexibility index (Phi) is 6.55. The molecule has 3 heteroatoms. The van der Waals surface area contributed by atoms with Crippen LogP contribution >= 0.6 is 0 Å². The molecule has 2 saturated heterocycles. The van der Waals surface area contributed by atoms with Crippen molar-refractivity contribution in [1.29, 1.82) is 0 Å². The van der Waals surface area contributed by atoms with Crippen LogP contribution in [0.5, 0.6) is 0 Å². The predicted molar refractivity (Wildman–Crippen MR) is 140 cm³/mol. The lowest BCUT2D eigenvalue weighted by Gasteiger charge is -2.48. The Bertz CT molecular complexity index is 920. The summed E-state index contributed by atoms with van der Waals surface area (Å²) in [6.07, 6.45) is 4.68. The number of likely N-dealkylation sites (tertiary alicyclic amines) is 1. The van der Waals surface area contributed by atoms with E-state index in [9.17, 15) is 5.11 Å². The summed E-state index contributed by atoms with van der Waals surface area (Å²) in [4.78, 5) is 2.66. The van der Waals surface area contributed by atoms with E-state index in [1.54, 1.807) is 0 Å². The molecular weight excluding hydrogens is 418 g/mol. The van der Waals surface area contributed by atoms with Crippen LogP contribution in [0.15, 0.2) is 91.0 Å². The molecule has 172 valence electrons. The number of rotatable bonds is 7. The lowest BCUT2D eigenvalue weighted by Crippen LogP contribution is -2.54. The monoisotopic (exact) mass is 455 g/mol. The molecule has 0 unspecified atom stereocenters. The summed E-state index contributed by atoms with van der Waals surface area (Å²) in [6.45, 7) is 3.53. The SMILES string of the molecule is C[Si]1(C[C@@H](O)[C@@H]2CCCN2C(c2ccccc2)(c2ccccc2)c2ccccc2)CCCC1. The maximum atomic E-state index is 11.7. The third kappa shape index (κ3) is 4.23. The Hall–Kier alpha value is -2.20. The van der Waals surface area contributed by atoms with Gasteiger partial charge in [0.25, 0.3) is 0 Å². The quantitative estimate of drug-likeness (QED) is 0.317. The van der Waals surface area contributed by atoms with E-state index in [1.165, 1.54) is 41.6 Å². The van der Waals surface area contributed by atoms with E-state index in [4.69, 9.17) is 0 Å². The Labute approximate surface area is 200 Å². The van der Waals surface area contributed by atoms with Crippen LogP contribution in [0.25, 0.3) is 0 Å².